The fraction of sp³-hybridized carbons (Fsp3) is 0.462. The summed E-state index contributed by atoms with van der Waals surface area (Å²) in [4.78, 5) is 2.25. The molecule has 0 aliphatic carbocycles. The van der Waals surface area contributed by atoms with E-state index in [2.05, 4.69) is 40.7 Å². The van der Waals surface area contributed by atoms with Crippen molar-refractivity contribution < 1.29 is 4.74 Å². The third kappa shape index (κ3) is 2.62. The molecule has 1 aliphatic heterocycles. The maximum atomic E-state index is 9.20. The minimum Gasteiger partial charge on any atom is -0.375 e. The van der Waals surface area contributed by atoms with Crippen LogP contribution in [0.2, 0.25) is 0 Å². The molecular weight excluding hydrogens is 280 g/mol. The van der Waals surface area contributed by atoms with Crippen molar-refractivity contribution in [1.29, 1.82) is 5.26 Å². The van der Waals surface area contributed by atoms with E-state index < -0.39 is 0 Å². The summed E-state index contributed by atoms with van der Waals surface area (Å²) in [5.41, 5.74) is 1.71. The van der Waals surface area contributed by atoms with Gasteiger partial charge in [0.1, 0.15) is 6.07 Å². The molecule has 90 valence electrons. The number of halogens is 1. The van der Waals surface area contributed by atoms with E-state index in [0.29, 0.717) is 18.2 Å². The van der Waals surface area contributed by atoms with Crippen molar-refractivity contribution in [1.82, 2.24) is 0 Å². The first-order valence-electron chi connectivity index (χ1n) is 5.69. The lowest BCUT2D eigenvalue weighted by atomic mass is 10.1. The van der Waals surface area contributed by atoms with E-state index in [1.807, 2.05) is 18.2 Å². The van der Waals surface area contributed by atoms with Gasteiger partial charge in [0.05, 0.1) is 24.0 Å². The Kier molecular flexibility index (Phi) is 3.70. The largest absolute Gasteiger partial charge is 0.375 e. The van der Waals surface area contributed by atoms with Gasteiger partial charge in [0.15, 0.2) is 0 Å². The van der Waals surface area contributed by atoms with Gasteiger partial charge >= 0.3 is 0 Å². The van der Waals surface area contributed by atoms with Crippen molar-refractivity contribution in [3.63, 3.8) is 0 Å². The molecule has 0 radical (unpaired) electrons. The summed E-state index contributed by atoms with van der Waals surface area (Å²) in [6.07, 6.45) is 0.210. The van der Waals surface area contributed by atoms with Gasteiger partial charge in [0, 0.05) is 17.1 Å². The van der Waals surface area contributed by atoms with Gasteiger partial charge in [-0.1, -0.05) is 15.9 Å². The molecule has 4 heteroatoms. The van der Waals surface area contributed by atoms with Crippen LogP contribution in [0.5, 0.6) is 0 Å². The van der Waals surface area contributed by atoms with Crippen LogP contribution in [0.15, 0.2) is 22.7 Å². The highest BCUT2D eigenvalue weighted by molar-refractivity contribution is 9.10. The van der Waals surface area contributed by atoms with Gasteiger partial charge in [-0.3, -0.25) is 0 Å². The molecule has 1 fully saturated rings. The zero-order chi connectivity index (χ0) is 12.4. The number of rotatable bonds is 1. The molecule has 2 unspecified atom stereocenters. The second-order valence-corrected chi connectivity index (χ2v) is 5.33. The highest BCUT2D eigenvalue weighted by Gasteiger charge is 2.25. The predicted molar refractivity (Wildman–Crippen MR) is 71.1 cm³/mol. The first-order chi connectivity index (χ1) is 8.11. The Morgan fingerprint density at radius 3 is 2.94 bits per heavy atom. The molecule has 0 amide bonds. The molecule has 0 saturated carbocycles. The number of hydrogen-bond acceptors (Lipinski definition) is 3. The highest BCUT2D eigenvalue weighted by atomic mass is 79.9. The van der Waals surface area contributed by atoms with E-state index in [0.717, 1.165) is 16.7 Å². The van der Waals surface area contributed by atoms with Crippen LogP contribution in [0.25, 0.3) is 0 Å². The normalized spacial score (nSPS) is 24.5. The predicted octanol–water partition coefficient (Wildman–Crippen LogP) is 2.93. The van der Waals surface area contributed by atoms with Crippen LogP contribution >= 0.6 is 15.9 Å². The van der Waals surface area contributed by atoms with Gasteiger partial charge in [-0.15, -0.1) is 0 Å². The van der Waals surface area contributed by atoms with Crippen LogP contribution in [0.4, 0.5) is 5.69 Å². The Morgan fingerprint density at radius 1 is 1.47 bits per heavy atom. The van der Waals surface area contributed by atoms with Crippen molar-refractivity contribution in [2.24, 2.45) is 0 Å². The molecule has 1 aromatic rings. The summed E-state index contributed by atoms with van der Waals surface area (Å²) in [5, 5.41) is 9.20. The Morgan fingerprint density at radius 2 is 2.24 bits per heavy atom. The fourth-order valence-electron chi connectivity index (χ4n) is 2.09. The molecule has 0 aromatic heterocycles. The van der Waals surface area contributed by atoms with E-state index in [-0.39, 0.29) is 6.10 Å². The van der Waals surface area contributed by atoms with Crippen LogP contribution in [0.3, 0.4) is 0 Å². The molecule has 0 spiro atoms. The Bertz CT molecular complexity index is 455. The summed E-state index contributed by atoms with van der Waals surface area (Å²) in [6, 6.07) is 8.40. The minimum atomic E-state index is 0.210. The maximum absolute atomic E-state index is 9.20. The first-order valence-corrected chi connectivity index (χ1v) is 6.49. The standard InChI is InChI=1S/C13H15BrN2O/c1-9-8-17-10(2)7-16(9)13-4-3-12(14)5-11(13)6-15/h3-5,9-10H,7-8H2,1-2H3. The molecule has 1 saturated heterocycles. The average Bonchev–Trinajstić information content (AvgIpc) is 2.32. The lowest BCUT2D eigenvalue weighted by Crippen LogP contribution is -2.47. The molecule has 2 rings (SSSR count). The monoisotopic (exact) mass is 294 g/mol. The summed E-state index contributed by atoms with van der Waals surface area (Å²) >= 11 is 3.39. The second-order valence-electron chi connectivity index (χ2n) is 4.42. The van der Waals surface area contributed by atoms with Gasteiger partial charge in [-0.05, 0) is 32.0 Å². The van der Waals surface area contributed by atoms with Gasteiger partial charge in [-0.2, -0.15) is 5.26 Å². The van der Waals surface area contributed by atoms with E-state index in [4.69, 9.17) is 4.74 Å². The van der Waals surface area contributed by atoms with Crippen LogP contribution in [-0.2, 0) is 4.74 Å². The molecular formula is C13H15BrN2O. The maximum Gasteiger partial charge on any atom is 0.101 e. The van der Waals surface area contributed by atoms with Crippen LogP contribution in [0, 0.1) is 11.3 Å². The average molecular weight is 295 g/mol. The Hall–Kier alpha value is -1.05. The fourth-order valence-corrected chi connectivity index (χ4v) is 2.45. The lowest BCUT2D eigenvalue weighted by Gasteiger charge is -2.38. The molecule has 2 atom stereocenters. The summed E-state index contributed by atoms with van der Waals surface area (Å²) in [5.74, 6) is 0. The number of nitrogens with zero attached hydrogens (tertiary/aromatic N) is 2. The van der Waals surface area contributed by atoms with E-state index in [1.165, 1.54) is 0 Å². The highest BCUT2D eigenvalue weighted by Crippen LogP contribution is 2.27. The molecule has 17 heavy (non-hydrogen) atoms. The summed E-state index contributed by atoms with van der Waals surface area (Å²) < 4.78 is 6.54. The number of morpholine rings is 1. The number of anilines is 1. The van der Waals surface area contributed by atoms with Gasteiger partial charge in [0.25, 0.3) is 0 Å². The third-order valence-corrected chi connectivity index (χ3v) is 3.49. The number of ether oxygens (including phenoxy) is 1. The van der Waals surface area contributed by atoms with Gasteiger partial charge < -0.3 is 9.64 Å². The van der Waals surface area contributed by atoms with Crippen molar-refractivity contribution in [2.75, 3.05) is 18.1 Å². The summed E-state index contributed by atoms with van der Waals surface area (Å²) in [7, 11) is 0. The zero-order valence-corrected chi connectivity index (χ0v) is 11.6. The van der Waals surface area contributed by atoms with E-state index in [1.54, 1.807) is 0 Å². The van der Waals surface area contributed by atoms with Crippen molar-refractivity contribution in [3.05, 3.63) is 28.2 Å². The van der Waals surface area contributed by atoms with Crippen molar-refractivity contribution >= 4 is 21.6 Å². The summed E-state index contributed by atoms with van der Waals surface area (Å²) in [6.45, 7) is 5.72. The van der Waals surface area contributed by atoms with E-state index in [9.17, 15) is 5.26 Å². The molecule has 1 heterocycles. The Balaban J connectivity index is 2.35. The number of benzene rings is 1. The molecule has 1 aromatic carbocycles. The lowest BCUT2D eigenvalue weighted by molar-refractivity contribution is 0.0343. The Labute approximate surface area is 110 Å². The topological polar surface area (TPSA) is 36.3 Å². The van der Waals surface area contributed by atoms with Crippen molar-refractivity contribution in [2.45, 2.75) is 26.0 Å². The van der Waals surface area contributed by atoms with Crippen LogP contribution in [-0.4, -0.2) is 25.3 Å². The SMILES string of the molecule is CC1CN(c2ccc(Br)cc2C#N)C(C)CO1. The third-order valence-electron chi connectivity index (χ3n) is 3.00. The van der Waals surface area contributed by atoms with Gasteiger partial charge in [0.2, 0.25) is 0 Å². The number of nitriles is 1. The second kappa shape index (κ2) is 5.07. The quantitative estimate of drug-likeness (QED) is 0.799. The van der Waals surface area contributed by atoms with E-state index >= 15 is 0 Å². The molecule has 3 nitrogen and oxygen atoms in total. The van der Waals surface area contributed by atoms with Crippen LogP contribution < -0.4 is 4.90 Å². The minimum absolute atomic E-state index is 0.210. The van der Waals surface area contributed by atoms with Crippen LogP contribution in [0.1, 0.15) is 19.4 Å². The first kappa shape index (κ1) is 12.4. The smallest absolute Gasteiger partial charge is 0.101 e. The molecule has 0 bridgehead atoms. The van der Waals surface area contributed by atoms with Crippen molar-refractivity contribution in [3.8, 4) is 6.07 Å². The zero-order valence-electron chi connectivity index (χ0n) is 9.98. The molecule has 0 N–H and O–H groups in total. The number of hydrogen-bond donors (Lipinski definition) is 0. The van der Waals surface area contributed by atoms with Gasteiger partial charge in [-0.25, -0.2) is 0 Å². The molecule has 1 aliphatic rings.